The highest BCUT2D eigenvalue weighted by Gasteiger charge is 2.22. The van der Waals surface area contributed by atoms with Gasteiger partial charge in [-0.15, -0.1) is 0 Å². The summed E-state index contributed by atoms with van der Waals surface area (Å²) in [6.45, 7) is 2.38. The van der Waals surface area contributed by atoms with Crippen molar-refractivity contribution in [3.8, 4) is 0 Å². The topological polar surface area (TPSA) is 49.9 Å². The molecule has 0 spiro atoms. The van der Waals surface area contributed by atoms with E-state index in [0.717, 1.165) is 22.3 Å². The van der Waals surface area contributed by atoms with Crippen LogP contribution < -0.4 is 4.90 Å². The number of carbonyl (C=O) groups excluding carboxylic acids is 2. The van der Waals surface area contributed by atoms with E-state index in [1.54, 1.807) is 17.0 Å². The molecule has 0 saturated carbocycles. The Hall–Kier alpha value is -1.80. The maximum absolute atomic E-state index is 12.3. The number of esters is 1. The number of ether oxygens (including phenoxy) is 1. The molecule has 1 fully saturated rings. The monoisotopic (exact) mass is 484 g/mol. The molecule has 0 atom stereocenters. The van der Waals surface area contributed by atoms with Crippen molar-refractivity contribution in [1.82, 2.24) is 4.90 Å². The first kappa shape index (κ1) is 19.0. The Bertz CT molecular complexity index is 790. The number of halogens is 2. The van der Waals surface area contributed by atoms with E-state index in [1.165, 1.54) is 0 Å². The Balaban J connectivity index is 1.47. The van der Waals surface area contributed by atoms with E-state index >= 15 is 0 Å². The highest BCUT2D eigenvalue weighted by Crippen LogP contribution is 2.20. The van der Waals surface area contributed by atoms with Gasteiger partial charge in [0.1, 0.15) is 0 Å². The van der Waals surface area contributed by atoms with Crippen molar-refractivity contribution in [3.63, 3.8) is 0 Å². The maximum Gasteiger partial charge on any atom is 0.338 e. The molecule has 0 aliphatic carbocycles. The largest absolute Gasteiger partial charge is 0.452 e. The lowest BCUT2D eigenvalue weighted by Crippen LogP contribution is -2.49. The summed E-state index contributed by atoms with van der Waals surface area (Å²) in [5.41, 5.74) is 1.50. The Kier molecular flexibility index (Phi) is 6.37. The smallest absolute Gasteiger partial charge is 0.338 e. The number of piperazine rings is 1. The molecule has 0 unspecified atom stereocenters. The fraction of sp³-hybridized carbons (Fsp3) is 0.263. The number of rotatable bonds is 4. The van der Waals surface area contributed by atoms with Crippen molar-refractivity contribution in [2.24, 2.45) is 0 Å². The van der Waals surface area contributed by atoms with E-state index in [4.69, 9.17) is 16.3 Å². The number of benzene rings is 2. The van der Waals surface area contributed by atoms with Crippen molar-refractivity contribution < 1.29 is 14.3 Å². The van der Waals surface area contributed by atoms with Crippen LogP contribution in [0, 0.1) is 3.57 Å². The number of anilines is 1. The lowest BCUT2D eigenvalue weighted by molar-refractivity contribution is -0.134. The second-order valence-electron chi connectivity index (χ2n) is 5.93. The molecule has 2 aromatic carbocycles. The van der Waals surface area contributed by atoms with Crippen LogP contribution in [-0.4, -0.2) is 49.6 Å². The van der Waals surface area contributed by atoms with Crippen LogP contribution in [0.3, 0.4) is 0 Å². The quantitative estimate of drug-likeness (QED) is 0.493. The average molecular weight is 485 g/mol. The van der Waals surface area contributed by atoms with E-state index in [0.29, 0.717) is 23.7 Å². The normalized spacial score (nSPS) is 14.2. The predicted molar refractivity (Wildman–Crippen MR) is 110 cm³/mol. The lowest BCUT2D eigenvalue weighted by atomic mass is 10.2. The fourth-order valence-corrected chi connectivity index (χ4v) is 3.32. The van der Waals surface area contributed by atoms with Crippen LogP contribution >= 0.6 is 34.2 Å². The van der Waals surface area contributed by atoms with Crippen LogP contribution in [-0.2, 0) is 9.53 Å². The van der Waals surface area contributed by atoms with Crippen LogP contribution in [0.4, 0.5) is 5.69 Å². The molecular weight excluding hydrogens is 467 g/mol. The summed E-state index contributed by atoms with van der Waals surface area (Å²) in [4.78, 5) is 28.2. The summed E-state index contributed by atoms with van der Waals surface area (Å²) in [6, 6.07) is 14.7. The molecule has 1 saturated heterocycles. The van der Waals surface area contributed by atoms with Crippen LogP contribution in [0.25, 0.3) is 0 Å². The fourth-order valence-electron chi connectivity index (χ4n) is 2.77. The number of carbonyl (C=O) groups is 2. The van der Waals surface area contributed by atoms with Crippen LogP contribution in [0.15, 0.2) is 48.5 Å². The minimum absolute atomic E-state index is 0.172. The predicted octanol–water partition coefficient (Wildman–Crippen LogP) is 3.45. The SMILES string of the molecule is O=C(OCC(=O)N1CCN(c2cccc(Cl)c2)CC1)c1ccc(I)cc1. The highest BCUT2D eigenvalue weighted by atomic mass is 127. The van der Waals surface area contributed by atoms with Gasteiger partial charge < -0.3 is 14.5 Å². The number of nitrogens with zero attached hydrogens (tertiary/aromatic N) is 2. The van der Waals surface area contributed by atoms with E-state index in [-0.39, 0.29) is 12.5 Å². The third kappa shape index (κ3) is 4.88. The molecule has 5 nitrogen and oxygen atoms in total. The van der Waals surface area contributed by atoms with Crippen LogP contribution in [0.1, 0.15) is 10.4 Å². The van der Waals surface area contributed by atoms with Crippen LogP contribution in [0.2, 0.25) is 5.02 Å². The molecule has 0 N–H and O–H groups in total. The first-order valence-electron chi connectivity index (χ1n) is 8.24. The molecule has 1 heterocycles. The molecule has 0 aromatic heterocycles. The summed E-state index contributed by atoms with van der Waals surface area (Å²) < 4.78 is 6.18. The van der Waals surface area contributed by atoms with Gasteiger partial charge in [-0.1, -0.05) is 17.7 Å². The Morgan fingerprint density at radius 2 is 1.73 bits per heavy atom. The third-order valence-electron chi connectivity index (χ3n) is 4.21. The molecule has 2 aromatic rings. The van der Waals surface area contributed by atoms with Gasteiger partial charge >= 0.3 is 5.97 Å². The minimum Gasteiger partial charge on any atom is -0.452 e. The Labute approximate surface area is 171 Å². The van der Waals surface area contributed by atoms with Gasteiger partial charge in [-0.05, 0) is 65.1 Å². The van der Waals surface area contributed by atoms with E-state index in [2.05, 4.69) is 27.5 Å². The van der Waals surface area contributed by atoms with Crippen molar-refractivity contribution in [3.05, 3.63) is 62.7 Å². The van der Waals surface area contributed by atoms with Gasteiger partial charge in [0.15, 0.2) is 6.61 Å². The summed E-state index contributed by atoms with van der Waals surface area (Å²) in [5.74, 6) is -0.651. The van der Waals surface area contributed by atoms with Crippen LogP contribution in [0.5, 0.6) is 0 Å². The van der Waals surface area contributed by atoms with Crippen molar-refractivity contribution >= 4 is 51.8 Å². The number of hydrogen-bond acceptors (Lipinski definition) is 4. The molecular formula is C19H18ClIN2O3. The second kappa shape index (κ2) is 8.73. The third-order valence-corrected chi connectivity index (χ3v) is 5.17. The molecule has 0 bridgehead atoms. The first-order chi connectivity index (χ1) is 12.5. The van der Waals surface area contributed by atoms with Gasteiger partial charge in [-0.25, -0.2) is 4.79 Å². The highest BCUT2D eigenvalue weighted by molar-refractivity contribution is 14.1. The molecule has 136 valence electrons. The zero-order valence-electron chi connectivity index (χ0n) is 14.0. The average Bonchev–Trinajstić information content (AvgIpc) is 2.66. The summed E-state index contributed by atoms with van der Waals surface area (Å²) in [5, 5.41) is 0.698. The van der Waals surface area contributed by atoms with Crippen molar-refractivity contribution in [2.45, 2.75) is 0 Å². The molecule has 1 amide bonds. The zero-order valence-corrected chi connectivity index (χ0v) is 16.9. The standard InChI is InChI=1S/C19H18ClIN2O3/c20-15-2-1-3-17(12-15)22-8-10-23(11-9-22)18(24)13-26-19(25)14-4-6-16(21)7-5-14/h1-7,12H,8-11,13H2. The van der Waals surface area contributed by atoms with E-state index in [1.807, 2.05) is 36.4 Å². The number of amides is 1. The first-order valence-corrected chi connectivity index (χ1v) is 9.69. The molecule has 0 radical (unpaired) electrons. The van der Waals surface area contributed by atoms with Gasteiger partial charge in [0.05, 0.1) is 5.56 Å². The van der Waals surface area contributed by atoms with Crippen molar-refractivity contribution in [1.29, 1.82) is 0 Å². The Morgan fingerprint density at radius 1 is 1.04 bits per heavy atom. The summed E-state index contributed by atoms with van der Waals surface area (Å²) in [7, 11) is 0. The molecule has 7 heteroatoms. The van der Waals surface area contributed by atoms with Gasteiger partial charge in [-0.3, -0.25) is 4.79 Å². The minimum atomic E-state index is -0.479. The second-order valence-corrected chi connectivity index (χ2v) is 7.61. The number of hydrogen-bond donors (Lipinski definition) is 0. The van der Waals surface area contributed by atoms with Gasteiger partial charge in [0.25, 0.3) is 5.91 Å². The van der Waals surface area contributed by atoms with E-state index in [9.17, 15) is 9.59 Å². The van der Waals surface area contributed by atoms with Gasteiger partial charge in [0, 0.05) is 40.5 Å². The lowest BCUT2D eigenvalue weighted by Gasteiger charge is -2.36. The summed E-state index contributed by atoms with van der Waals surface area (Å²) in [6.07, 6.45) is 0. The summed E-state index contributed by atoms with van der Waals surface area (Å²) >= 11 is 8.20. The molecule has 1 aliphatic heterocycles. The Morgan fingerprint density at radius 3 is 2.38 bits per heavy atom. The van der Waals surface area contributed by atoms with Gasteiger partial charge in [0.2, 0.25) is 0 Å². The van der Waals surface area contributed by atoms with Crippen molar-refractivity contribution in [2.75, 3.05) is 37.7 Å². The maximum atomic E-state index is 12.3. The zero-order chi connectivity index (χ0) is 18.5. The van der Waals surface area contributed by atoms with Gasteiger partial charge in [-0.2, -0.15) is 0 Å². The molecule has 3 rings (SSSR count). The molecule has 1 aliphatic rings. The molecule has 26 heavy (non-hydrogen) atoms. The van der Waals surface area contributed by atoms with E-state index < -0.39 is 5.97 Å².